The van der Waals surface area contributed by atoms with E-state index >= 15 is 0 Å². The Kier molecular flexibility index (Phi) is 5.46. The normalized spacial score (nSPS) is 11.0. The largest absolute Gasteiger partial charge is 0.463 e. The van der Waals surface area contributed by atoms with E-state index in [9.17, 15) is 9.59 Å². The molecule has 0 aliphatic heterocycles. The molecule has 2 heterocycles. The maximum Gasteiger partial charge on any atom is 0.374 e. The zero-order chi connectivity index (χ0) is 21.3. The number of benzene rings is 2. The van der Waals surface area contributed by atoms with E-state index in [0.717, 1.165) is 11.3 Å². The summed E-state index contributed by atoms with van der Waals surface area (Å²) < 4.78 is 12.1. The standard InChI is InChI=1S/C23H20N2O4S/c1-14-8-4-7-11-19(14)25-21(26)17-9-5-6-10-18(17)24-23(25)30-13-16-12-15(2)20(29-16)22(27)28-3/h4-12H,13H2,1-3H3. The number of furan rings is 1. The molecule has 0 fully saturated rings. The van der Waals surface area contributed by atoms with Crippen molar-refractivity contribution in [2.75, 3.05) is 7.11 Å². The highest BCUT2D eigenvalue weighted by atomic mass is 32.2. The molecule has 4 aromatic rings. The Hall–Kier alpha value is -3.32. The van der Waals surface area contributed by atoms with Crippen molar-refractivity contribution in [3.8, 4) is 5.69 Å². The Morgan fingerprint density at radius 3 is 2.60 bits per heavy atom. The van der Waals surface area contributed by atoms with Crippen LogP contribution in [0.1, 0.15) is 27.4 Å². The summed E-state index contributed by atoms with van der Waals surface area (Å²) in [5.74, 6) is 0.700. The van der Waals surface area contributed by atoms with Crippen LogP contribution in [0, 0.1) is 13.8 Å². The molecule has 0 radical (unpaired) electrons. The molecule has 0 aliphatic carbocycles. The molecule has 2 aromatic heterocycles. The van der Waals surface area contributed by atoms with Gasteiger partial charge in [-0.3, -0.25) is 9.36 Å². The molecule has 0 unspecified atom stereocenters. The summed E-state index contributed by atoms with van der Waals surface area (Å²) in [4.78, 5) is 29.9. The monoisotopic (exact) mass is 420 g/mol. The highest BCUT2D eigenvalue weighted by Crippen LogP contribution is 2.27. The van der Waals surface area contributed by atoms with Gasteiger partial charge in [-0.2, -0.15) is 0 Å². The van der Waals surface area contributed by atoms with Crippen LogP contribution in [0.15, 0.2) is 69.0 Å². The van der Waals surface area contributed by atoms with Crippen LogP contribution in [-0.4, -0.2) is 22.6 Å². The molecule has 0 spiro atoms. The minimum absolute atomic E-state index is 0.122. The fourth-order valence-corrected chi connectivity index (χ4v) is 4.17. The summed E-state index contributed by atoms with van der Waals surface area (Å²) in [7, 11) is 1.32. The van der Waals surface area contributed by atoms with Crippen molar-refractivity contribution in [3.05, 3.63) is 87.6 Å². The van der Waals surface area contributed by atoms with E-state index in [0.29, 0.717) is 33.1 Å². The molecule has 0 N–H and O–H groups in total. The molecule has 0 saturated heterocycles. The van der Waals surface area contributed by atoms with Gasteiger partial charge in [0.1, 0.15) is 5.76 Å². The lowest BCUT2D eigenvalue weighted by molar-refractivity contribution is 0.0562. The Morgan fingerprint density at radius 2 is 1.83 bits per heavy atom. The molecule has 2 aromatic carbocycles. The van der Waals surface area contributed by atoms with Gasteiger partial charge in [-0.25, -0.2) is 9.78 Å². The lowest BCUT2D eigenvalue weighted by Crippen LogP contribution is -2.22. The Balaban J connectivity index is 1.79. The van der Waals surface area contributed by atoms with E-state index < -0.39 is 5.97 Å². The third-order valence-corrected chi connectivity index (χ3v) is 5.75. The molecular weight excluding hydrogens is 400 g/mol. The fourth-order valence-electron chi connectivity index (χ4n) is 3.29. The predicted octanol–water partition coefficient (Wildman–Crippen LogP) is 4.67. The number of ether oxygens (including phenoxy) is 1. The average molecular weight is 420 g/mol. The summed E-state index contributed by atoms with van der Waals surface area (Å²) in [6, 6.07) is 16.8. The molecular formula is C23H20N2O4S. The number of rotatable bonds is 5. The minimum atomic E-state index is -0.510. The first kappa shape index (κ1) is 20.0. The third kappa shape index (κ3) is 3.64. The summed E-state index contributed by atoms with van der Waals surface area (Å²) in [6.07, 6.45) is 0. The second-order valence-corrected chi connectivity index (χ2v) is 7.79. The average Bonchev–Trinajstić information content (AvgIpc) is 3.13. The van der Waals surface area contributed by atoms with Gasteiger partial charge >= 0.3 is 5.97 Å². The number of aryl methyl sites for hydroxylation is 2. The van der Waals surface area contributed by atoms with E-state index in [-0.39, 0.29) is 11.3 Å². The number of carbonyl (C=O) groups is 1. The number of methoxy groups -OCH3 is 1. The van der Waals surface area contributed by atoms with Gasteiger partial charge in [-0.1, -0.05) is 42.1 Å². The lowest BCUT2D eigenvalue weighted by atomic mass is 10.2. The van der Waals surface area contributed by atoms with Gasteiger partial charge in [0.2, 0.25) is 5.76 Å². The van der Waals surface area contributed by atoms with Gasteiger partial charge in [0.25, 0.3) is 5.56 Å². The van der Waals surface area contributed by atoms with Gasteiger partial charge in [0.15, 0.2) is 5.16 Å². The molecule has 6 nitrogen and oxygen atoms in total. The first-order valence-electron chi connectivity index (χ1n) is 9.38. The maximum atomic E-state index is 13.3. The molecule has 0 amide bonds. The van der Waals surface area contributed by atoms with E-state index in [1.165, 1.54) is 18.9 Å². The lowest BCUT2D eigenvalue weighted by Gasteiger charge is -2.14. The quantitative estimate of drug-likeness (QED) is 0.265. The van der Waals surface area contributed by atoms with Crippen molar-refractivity contribution in [3.63, 3.8) is 0 Å². The van der Waals surface area contributed by atoms with Gasteiger partial charge in [-0.05, 0) is 43.7 Å². The van der Waals surface area contributed by atoms with Gasteiger partial charge < -0.3 is 9.15 Å². The van der Waals surface area contributed by atoms with E-state index in [1.54, 1.807) is 23.6 Å². The molecule has 152 valence electrons. The molecule has 4 rings (SSSR count). The van der Waals surface area contributed by atoms with Crippen LogP contribution in [0.5, 0.6) is 0 Å². The van der Waals surface area contributed by atoms with Gasteiger partial charge in [0.05, 0.1) is 29.5 Å². The Morgan fingerprint density at radius 1 is 1.10 bits per heavy atom. The van der Waals surface area contributed by atoms with Crippen molar-refractivity contribution < 1.29 is 13.9 Å². The summed E-state index contributed by atoms with van der Waals surface area (Å²) in [6.45, 7) is 3.76. The molecule has 30 heavy (non-hydrogen) atoms. The number of hydrogen-bond acceptors (Lipinski definition) is 6. The first-order chi connectivity index (χ1) is 14.5. The van der Waals surface area contributed by atoms with E-state index in [4.69, 9.17) is 14.1 Å². The van der Waals surface area contributed by atoms with Crippen molar-refractivity contribution in [1.29, 1.82) is 0 Å². The fraction of sp³-hybridized carbons (Fsp3) is 0.174. The second-order valence-electron chi connectivity index (χ2n) is 6.84. The van der Waals surface area contributed by atoms with Crippen LogP contribution in [0.25, 0.3) is 16.6 Å². The first-order valence-corrected chi connectivity index (χ1v) is 10.4. The van der Waals surface area contributed by atoms with Crippen LogP contribution in [0.2, 0.25) is 0 Å². The topological polar surface area (TPSA) is 74.3 Å². The van der Waals surface area contributed by atoms with E-state index in [2.05, 4.69) is 0 Å². The van der Waals surface area contributed by atoms with Crippen molar-refractivity contribution >= 4 is 28.6 Å². The third-order valence-electron chi connectivity index (χ3n) is 4.78. The molecule has 0 atom stereocenters. The maximum absolute atomic E-state index is 13.3. The number of fused-ring (bicyclic) bond motifs is 1. The number of nitrogens with zero attached hydrogens (tertiary/aromatic N) is 2. The van der Waals surface area contributed by atoms with Crippen LogP contribution in [0.3, 0.4) is 0 Å². The second kappa shape index (κ2) is 8.20. The Bertz CT molecular complexity index is 1310. The number of hydrogen-bond donors (Lipinski definition) is 0. The summed E-state index contributed by atoms with van der Waals surface area (Å²) in [5.41, 5.74) is 2.98. The van der Waals surface area contributed by atoms with Crippen LogP contribution < -0.4 is 5.56 Å². The van der Waals surface area contributed by atoms with Crippen LogP contribution in [-0.2, 0) is 10.5 Å². The van der Waals surface area contributed by atoms with Crippen molar-refractivity contribution in [2.24, 2.45) is 0 Å². The zero-order valence-electron chi connectivity index (χ0n) is 16.8. The smallest absolute Gasteiger partial charge is 0.374 e. The molecule has 0 saturated carbocycles. The highest BCUT2D eigenvalue weighted by molar-refractivity contribution is 7.98. The van der Waals surface area contributed by atoms with Gasteiger partial charge in [0, 0.05) is 5.56 Å². The number of esters is 1. The summed E-state index contributed by atoms with van der Waals surface area (Å²) in [5, 5.41) is 1.12. The number of aromatic nitrogens is 2. The molecule has 0 bridgehead atoms. The number of carbonyl (C=O) groups excluding carboxylic acids is 1. The zero-order valence-corrected chi connectivity index (χ0v) is 17.7. The number of para-hydroxylation sites is 2. The minimum Gasteiger partial charge on any atom is -0.463 e. The Labute approximate surface area is 177 Å². The molecule has 7 heteroatoms. The molecule has 0 aliphatic rings. The number of thioether (sulfide) groups is 1. The van der Waals surface area contributed by atoms with E-state index in [1.807, 2.05) is 49.4 Å². The summed E-state index contributed by atoms with van der Waals surface area (Å²) >= 11 is 1.38. The predicted molar refractivity (Wildman–Crippen MR) is 116 cm³/mol. The highest BCUT2D eigenvalue weighted by Gasteiger charge is 2.18. The van der Waals surface area contributed by atoms with Crippen molar-refractivity contribution in [1.82, 2.24) is 9.55 Å². The van der Waals surface area contributed by atoms with Gasteiger partial charge in [-0.15, -0.1) is 0 Å². The van der Waals surface area contributed by atoms with Crippen LogP contribution >= 0.6 is 11.8 Å². The SMILES string of the molecule is COC(=O)c1oc(CSc2nc3ccccc3c(=O)n2-c2ccccc2C)cc1C. The van der Waals surface area contributed by atoms with Crippen molar-refractivity contribution in [2.45, 2.75) is 24.8 Å². The van der Waals surface area contributed by atoms with Crippen LogP contribution in [0.4, 0.5) is 0 Å².